The second-order valence-electron chi connectivity index (χ2n) is 8.24. The van der Waals surface area contributed by atoms with Crippen molar-refractivity contribution in [1.82, 2.24) is 0 Å². The maximum Gasteiger partial charge on any atom is 0.435 e. The molecule has 0 bridgehead atoms. The summed E-state index contributed by atoms with van der Waals surface area (Å²) in [4.78, 5) is 0. The Labute approximate surface area is 219 Å². The second kappa shape index (κ2) is 10.4. The van der Waals surface area contributed by atoms with Gasteiger partial charge in [-0.15, -0.1) is 0 Å². The third-order valence-corrected chi connectivity index (χ3v) is 11.8. The molecule has 2 nitrogen and oxygen atoms in total. The fraction of sp³-hybridized carbons (Fsp3) is 0.100. The van der Waals surface area contributed by atoms with Crippen LogP contribution in [0.4, 0.5) is 13.2 Å². The summed E-state index contributed by atoms with van der Waals surface area (Å²) in [6.45, 7) is 0. The fourth-order valence-electron chi connectivity index (χ4n) is 4.36. The summed E-state index contributed by atoms with van der Waals surface area (Å²) in [6, 6.07) is 34.8. The van der Waals surface area contributed by atoms with Gasteiger partial charge >= 0.3 is 6.18 Å². The van der Waals surface area contributed by atoms with Gasteiger partial charge in [-0.2, -0.15) is 18.4 Å². The van der Waals surface area contributed by atoms with Crippen LogP contribution in [-0.4, -0.2) is 21.5 Å². The molecule has 184 valence electrons. The molecule has 7 heteroatoms. The number of hydrogen-bond acceptors (Lipinski definition) is 2. The predicted molar refractivity (Wildman–Crippen MR) is 144 cm³/mol. The molecule has 0 heterocycles. The third-order valence-electron chi connectivity index (χ3n) is 6.09. The van der Waals surface area contributed by atoms with Gasteiger partial charge in [-0.3, -0.25) is 0 Å². The number of hydrogen-bond donors (Lipinski definition) is 1. The topological polar surface area (TPSA) is 44.0 Å². The van der Waals surface area contributed by atoms with Crippen LogP contribution >= 0.6 is 18.9 Å². The number of halogens is 4. The minimum Gasteiger partial charge on any atom is -0.365 e. The fourth-order valence-corrected chi connectivity index (χ4v) is 10.0. The van der Waals surface area contributed by atoms with E-state index < -0.39 is 23.7 Å². The lowest BCUT2D eigenvalue weighted by atomic mass is 9.98. The molecule has 1 N–H and O–H groups in total. The first kappa shape index (κ1) is 26.5. The average molecular weight is 535 g/mol. The first-order valence-corrected chi connectivity index (χ1v) is 13.4. The molecular weight excluding hydrogens is 514 g/mol. The molecule has 0 radical (unpaired) electrons. The quantitative estimate of drug-likeness (QED) is 0.200. The van der Waals surface area contributed by atoms with Gasteiger partial charge in [0, 0.05) is 5.56 Å². The molecule has 0 aliphatic heterocycles. The highest BCUT2D eigenvalue weighted by molar-refractivity contribution is 7.98. The number of alkyl halides is 4. The Balaban J connectivity index is 2.18. The van der Waals surface area contributed by atoms with Crippen molar-refractivity contribution in [3.05, 3.63) is 127 Å². The van der Waals surface area contributed by atoms with Gasteiger partial charge in [0.1, 0.15) is 22.0 Å². The summed E-state index contributed by atoms with van der Waals surface area (Å²) in [5, 5.41) is 23.4. The van der Waals surface area contributed by atoms with E-state index in [1.807, 2.05) is 5.92 Å². The van der Waals surface area contributed by atoms with Gasteiger partial charge in [0.2, 0.25) is 0 Å². The molecule has 0 aliphatic carbocycles. The molecule has 0 saturated heterocycles. The molecule has 4 aromatic carbocycles. The van der Waals surface area contributed by atoms with Gasteiger partial charge in [-0.05, 0) is 54.5 Å². The van der Waals surface area contributed by atoms with Gasteiger partial charge < -0.3 is 5.11 Å². The summed E-state index contributed by atoms with van der Waals surface area (Å²) in [5.74, 6) is 4.43. The lowest BCUT2D eigenvalue weighted by Gasteiger charge is -2.43. The SMILES string of the molecule is N#CC(Cl)(C(O)(C#Cc1ccccc1)C(F)(F)F)[P+](c1ccccc1)(c1ccccc1)c1ccccc1. The molecule has 4 aromatic rings. The van der Waals surface area contributed by atoms with Crippen LogP contribution in [0.25, 0.3) is 0 Å². The van der Waals surface area contributed by atoms with E-state index in [1.165, 1.54) is 12.1 Å². The van der Waals surface area contributed by atoms with Crippen LogP contribution in [0.15, 0.2) is 121 Å². The highest BCUT2D eigenvalue weighted by Gasteiger charge is 2.80. The predicted octanol–water partition coefficient (Wildman–Crippen LogP) is 5.78. The third kappa shape index (κ3) is 4.41. The Morgan fingerprint density at radius 1 is 0.649 bits per heavy atom. The summed E-state index contributed by atoms with van der Waals surface area (Å²) >= 11 is 7.02. The number of rotatable bonds is 5. The number of aliphatic hydroxyl groups is 1. The second-order valence-corrected chi connectivity index (χ2v) is 12.6. The summed E-state index contributed by atoms with van der Waals surface area (Å²) < 4.78 is 42.0. The molecule has 0 amide bonds. The van der Waals surface area contributed by atoms with Crippen LogP contribution in [0.2, 0.25) is 0 Å². The van der Waals surface area contributed by atoms with E-state index in [9.17, 15) is 23.5 Å². The van der Waals surface area contributed by atoms with Gasteiger partial charge in [-0.25, -0.2) is 0 Å². The van der Waals surface area contributed by atoms with Crippen molar-refractivity contribution in [2.75, 3.05) is 0 Å². The van der Waals surface area contributed by atoms with Crippen LogP contribution in [0.5, 0.6) is 0 Å². The first-order valence-electron chi connectivity index (χ1n) is 11.2. The Morgan fingerprint density at radius 3 is 1.32 bits per heavy atom. The van der Waals surface area contributed by atoms with E-state index in [1.54, 1.807) is 115 Å². The molecule has 0 spiro atoms. The maximum atomic E-state index is 15.0. The molecule has 2 atom stereocenters. The minimum atomic E-state index is -5.38. The van der Waals surface area contributed by atoms with Gasteiger partial charge in [-0.1, -0.05) is 90.3 Å². The van der Waals surface area contributed by atoms with Crippen LogP contribution in [0.3, 0.4) is 0 Å². The zero-order valence-corrected chi connectivity index (χ0v) is 21.1. The van der Waals surface area contributed by atoms with E-state index in [0.29, 0.717) is 15.9 Å². The first-order chi connectivity index (χ1) is 17.7. The van der Waals surface area contributed by atoms with E-state index in [0.717, 1.165) is 0 Å². The lowest BCUT2D eigenvalue weighted by Crippen LogP contribution is -2.63. The Morgan fingerprint density at radius 2 is 1.00 bits per heavy atom. The van der Waals surface area contributed by atoms with Gasteiger partial charge in [0.25, 0.3) is 10.2 Å². The normalized spacial score (nSPS) is 14.8. The van der Waals surface area contributed by atoms with Crippen molar-refractivity contribution in [3.8, 4) is 17.9 Å². The van der Waals surface area contributed by atoms with Crippen LogP contribution in [-0.2, 0) is 0 Å². The van der Waals surface area contributed by atoms with Gasteiger partial charge in [0.15, 0.2) is 7.26 Å². The van der Waals surface area contributed by atoms with Gasteiger partial charge in [0.05, 0.1) is 0 Å². The van der Waals surface area contributed by atoms with Crippen molar-refractivity contribution in [2.45, 2.75) is 16.4 Å². The highest BCUT2D eigenvalue weighted by Crippen LogP contribution is 2.72. The van der Waals surface area contributed by atoms with Crippen molar-refractivity contribution >= 4 is 34.8 Å². The number of benzene rings is 4. The summed E-state index contributed by atoms with van der Waals surface area (Å²) in [5.41, 5.74) is -3.67. The molecule has 2 unspecified atom stereocenters. The van der Waals surface area contributed by atoms with E-state index in [-0.39, 0.29) is 5.56 Å². The van der Waals surface area contributed by atoms with Crippen LogP contribution in [0.1, 0.15) is 5.56 Å². The Kier molecular flexibility index (Phi) is 7.44. The largest absolute Gasteiger partial charge is 0.435 e. The van der Waals surface area contributed by atoms with E-state index in [4.69, 9.17) is 11.6 Å². The zero-order chi connectivity index (χ0) is 26.6. The van der Waals surface area contributed by atoms with E-state index >= 15 is 0 Å². The van der Waals surface area contributed by atoms with Crippen LogP contribution in [0, 0.1) is 23.2 Å². The Hall–Kier alpha value is -3.60. The minimum absolute atomic E-state index is 0.241. The van der Waals surface area contributed by atoms with Crippen molar-refractivity contribution in [2.24, 2.45) is 0 Å². The summed E-state index contributed by atoms with van der Waals surface area (Å²) in [6.07, 6.45) is -5.38. The molecule has 0 fully saturated rings. The standard InChI is InChI=1S/C30H21ClF3NOP/c31-29(23-35,28(36,30(32,33)34)22-21-24-13-5-1-6-14-24)37(25-15-7-2-8-16-25,26-17-9-3-10-18-26)27-19-11-4-12-20-27/h1-20,36H/q+1. The summed E-state index contributed by atoms with van der Waals surface area (Å²) in [7, 11) is -3.78. The number of nitriles is 1. The zero-order valence-electron chi connectivity index (χ0n) is 19.4. The lowest BCUT2D eigenvalue weighted by molar-refractivity contribution is -0.235. The van der Waals surface area contributed by atoms with Crippen molar-refractivity contribution < 1.29 is 18.3 Å². The molecule has 0 aromatic heterocycles. The van der Waals surface area contributed by atoms with Crippen LogP contribution < -0.4 is 15.9 Å². The van der Waals surface area contributed by atoms with Crippen molar-refractivity contribution in [3.63, 3.8) is 0 Å². The molecule has 0 saturated carbocycles. The smallest absolute Gasteiger partial charge is 0.365 e. The molecule has 0 aliphatic rings. The monoisotopic (exact) mass is 534 g/mol. The van der Waals surface area contributed by atoms with Crippen molar-refractivity contribution in [1.29, 1.82) is 5.26 Å². The molecule has 37 heavy (non-hydrogen) atoms. The Bertz CT molecular complexity index is 1350. The number of nitrogens with zero attached hydrogens (tertiary/aromatic N) is 1. The highest BCUT2D eigenvalue weighted by atomic mass is 35.5. The molecular formula is C30H21ClF3NOP+. The van der Waals surface area contributed by atoms with E-state index in [2.05, 4.69) is 5.92 Å². The average Bonchev–Trinajstić information content (AvgIpc) is 2.93. The molecule has 4 rings (SSSR count). The maximum absolute atomic E-state index is 15.0.